The third-order valence-corrected chi connectivity index (χ3v) is 5.71. The smallest absolute Gasteiger partial charge is 0.334 e. The number of ether oxygens (including phenoxy) is 3. The molecule has 3 fully saturated rings. The highest BCUT2D eigenvalue weighted by Gasteiger charge is 2.68. The molecule has 7 heteroatoms. The van der Waals surface area contributed by atoms with Crippen molar-refractivity contribution in [3.63, 3.8) is 0 Å². The Hall–Kier alpha value is -2.25. The van der Waals surface area contributed by atoms with Crippen LogP contribution in [0.2, 0.25) is 0 Å². The zero-order chi connectivity index (χ0) is 19.4. The Morgan fingerprint density at radius 1 is 1.42 bits per heavy atom. The monoisotopic (exact) mass is 362 g/mol. The van der Waals surface area contributed by atoms with Crippen LogP contribution in [0.5, 0.6) is 0 Å². The molecule has 1 saturated carbocycles. The van der Waals surface area contributed by atoms with Gasteiger partial charge in [-0.3, -0.25) is 4.79 Å². The van der Waals surface area contributed by atoms with Crippen LogP contribution in [0, 0.1) is 17.3 Å². The molecule has 0 aromatic heterocycles. The summed E-state index contributed by atoms with van der Waals surface area (Å²) in [7, 11) is 0. The molecular formula is C19H22O7. The molecule has 140 valence electrons. The van der Waals surface area contributed by atoms with Crippen molar-refractivity contribution >= 4 is 18.2 Å². The van der Waals surface area contributed by atoms with Gasteiger partial charge in [-0.1, -0.05) is 26.7 Å². The first-order chi connectivity index (χ1) is 12.1. The van der Waals surface area contributed by atoms with Crippen LogP contribution in [0.1, 0.15) is 13.8 Å². The van der Waals surface area contributed by atoms with E-state index in [0.29, 0.717) is 12.9 Å². The van der Waals surface area contributed by atoms with Gasteiger partial charge < -0.3 is 19.3 Å². The number of fused-ring (bicyclic) bond motifs is 1. The minimum absolute atomic E-state index is 0.0846. The van der Waals surface area contributed by atoms with E-state index in [2.05, 4.69) is 19.7 Å². The normalized spacial score (nSPS) is 41.0. The number of carbonyl (C=O) groups is 3. The van der Waals surface area contributed by atoms with E-state index in [4.69, 9.17) is 14.2 Å². The van der Waals surface area contributed by atoms with Crippen LogP contribution >= 0.6 is 0 Å². The first-order valence-electron chi connectivity index (χ1n) is 8.34. The molecule has 0 radical (unpaired) electrons. The summed E-state index contributed by atoms with van der Waals surface area (Å²) in [6.07, 6.45) is -2.83. The number of epoxide rings is 1. The van der Waals surface area contributed by atoms with E-state index in [9.17, 15) is 19.5 Å². The maximum absolute atomic E-state index is 12.2. The molecule has 2 saturated heterocycles. The Morgan fingerprint density at radius 3 is 2.54 bits per heavy atom. The molecular weight excluding hydrogens is 340 g/mol. The first-order valence-corrected chi connectivity index (χ1v) is 8.34. The Morgan fingerprint density at radius 2 is 2.04 bits per heavy atom. The van der Waals surface area contributed by atoms with Crippen molar-refractivity contribution in [3.05, 3.63) is 36.5 Å². The molecule has 0 aromatic carbocycles. The van der Waals surface area contributed by atoms with E-state index in [1.54, 1.807) is 6.92 Å². The SMILES string of the molecule is C=C(C)C(=O)O[C@@H]1[C@@H]2OC(=O)C(=C)[C@H]2[C@@H](O)[C@@H](C(=C)C=O)[C@@]1(C)[C@@H]1CO1. The summed E-state index contributed by atoms with van der Waals surface area (Å²) in [5, 5.41) is 11.0. The minimum atomic E-state index is -1.15. The van der Waals surface area contributed by atoms with Gasteiger partial charge in [-0.15, -0.1) is 0 Å². The van der Waals surface area contributed by atoms with Crippen molar-refractivity contribution in [1.82, 2.24) is 0 Å². The summed E-state index contributed by atoms with van der Waals surface area (Å²) < 4.78 is 16.5. The van der Waals surface area contributed by atoms with Gasteiger partial charge in [0.25, 0.3) is 0 Å². The number of aliphatic hydroxyl groups excluding tert-OH is 1. The number of esters is 2. The molecule has 2 aliphatic heterocycles. The number of hydrogen-bond donors (Lipinski definition) is 1. The van der Waals surface area contributed by atoms with Gasteiger partial charge in [0.2, 0.25) is 0 Å². The summed E-state index contributed by atoms with van der Waals surface area (Å²) in [4.78, 5) is 35.8. The highest BCUT2D eigenvalue weighted by molar-refractivity contribution is 5.92. The van der Waals surface area contributed by atoms with Crippen LogP contribution in [-0.4, -0.2) is 54.4 Å². The Balaban J connectivity index is 2.12. The van der Waals surface area contributed by atoms with Crippen molar-refractivity contribution in [1.29, 1.82) is 0 Å². The van der Waals surface area contributed by atoms with Gasteiger partial charge in [-0.2, -0.15) is 0 Å². The van der Waals surface area contributed by atoms with E-state index in [1.807, 2.05) is 0 Å². The lowest BCUT2D eigenvalue weighted by atomic mass is 9.56. The maximum atomic E-state index is 12.2. The zero-order valence-electron chi connectivity index (χ0n) is 14.8. The predicted molar refractivity (Wildman–Crippen MR) is 89.8 cm³/mol. The standard InChI is InChI=1S/C19H22O7/c1-8(2)17(22)26-16-15-12(10(4)18(23)25-15)14(21)13(9(3)6-20)19(16,5)11-7-24-11/h6,11-16,21H,1,3-4,7H2,2,5H3/t11-,12-,13+,14+,15+,16+,19+/m0/s1. The Kier molecular flexibility index (Phi) is 4.40. The maximum Gasteiger partial charge on any atom is 0.334 e. The van der Waals surface area contributed by atoms with Gasteiger partial charge in [0.1, 0.15) is 18.5 Å². The van der Waals surface area contributed by atoms with E-state index in [-0.39, 0.29) is 22.8 Å². The molecule has 7 nitrogen and oxygen atoms in total. The number of aldehydes is 1. The largest absolute Gasteiger partial charge is 0.454 e. The Bertz CT molecular complexity index is 719. The molecule has 3 rings (SSSR count). The first kappa shape index (κ1) is 18.5. The molecule has 0 aromatic rings. The lowest BCUT2D eigenvalue weighted by Gasteiger charge is -2.52. The van der Waals surface area contributed by atoms with Crippen LogP contribution < -0.4 is 0 Å². The number of hydrogen-bond acceptors (Lipinski definition) is 7. The highest BCUT2D eigenvalue weighted by atomic mass is 16.6. The van der Waals surface area contributed by atoms with E-state index < -0.39 is 47.5 Å². The van der Waals surface area contributed by atoms with E-state index in [1.165, 1.54) is 6.92 Å². The van der Waals surface area contributed by atoms with Crippen LogP contribution in [0.4, 0.5) is 0 Å². The number of carbonyl (C=O) groups excluding carboxylic acids is 3. The summed E-state index contributed by atoms with van der Waals surface area (Å²) >= 11 is 0. The lowest BCUT2D eigenvalue weighted by Crippen LogP contribution is -2.63. The van der Waals surface area contributed by atoms with Crippen molar-refractivity contribution in [3.8, 4) is 0 Å². The molecule has 0 bridgehead atoms. The quantitative estimate of drug-likeness (QED) is 0.333. The average Bonchev–Trinajstić information content (AvgIpc) is 3.38. The van der Waals surface area contributed by atoms with Gasteiger partial charge in [-0.05, 0) is 12.5 Å². The van der Waals surface area contributed by atoms with E-state index >= 15 is 0 Å². The molecule has 0 unspecified atom stereocenters. The zero-order valence-corrected chi connectivity index (χ0v) is 14.8. The van der Waals surface area contributed by atoms with Gasteiger partial charge in [0.05, 0.1) is 24.7 Å². The molecule has 3 aliphatic rings. The molecule has 0 amide bonds. The molecule has 26 heavy (non-hydrogen) atoms. The van der Waals surface area contributed by atoms with Crippen molar-refractivity contribution < 1.29 is 33.7 Å². The van der Waals surface area contributed by atoms with Crippen LogP contribution in [-0.2, 0) is 28.6 Å². The fourth-order valence-electron chi connectivity index (χ4n) is 4.26. The highest BCUT2D eigenvalue weighted by Crippen LogP contribution is 2.57. The average molecular weight is 362 g/mol. The molecule has 1 aliphatic carbocycles. The van der Waals surface area contributed by atoms with Gasteiger partial charge in [0, 0.05) is 22.5 Å². The molecule has 7 atom stereocenters. The third kappa shape index (κ3) is 2.54. The van der Waals surface area contributed by atoms with Crippen molar-refractivity contribution in [2.75, 3.05) is 6.61 Å². The summed E-state index contributed by atoms with van der Waals surface area (Å²) in [5.74, 6) is -2.91. The Labute approximate surface area is 151 Å². The van der Waals surface area contributed by atoms with Gasteiger partial charge in [-0.25, -0.2) is 9.59 Å². The van der Waals surface area contributed by atoms with E-state index in [0.717, 1.165) is 0 Å². The van der Waals surface area contributed by atoms with Crippen molar-refractivity contribution in [2.24, 2.45) is 17.3 Å². The predicted octanol–water partition coefficient (Wildman–Crippen LogP) is 0.723. The molecule has 2 heterocycles. The number of aliphatic hydroxyl groups is 1. The lowest BCUT2D eigenvalue weighted by molar-refractivity contribution is -0.202. The van der Waals surface area contributed by atoms with Crippen molar-refractivity contribution in [2.45, 2.75) is 38.3 Å². The minimum Gasteiger partial charge on any atom is -0.454 e. The number of rotatable bonds is 5. The second-order valence-corrected chi connectivity index (χ2v) is 7.38. The molecule has 0 spiro atoms. The summed E-state index contributed by atoms with van der Waals surface area (Å²) in [6, 6.07) is 0. The van der Waals surface area contributed by atoms with Gasteiger partial charge >= 0.3 is 11.9 Å². The van der Waals surface area contributed by atoms with Crippen LogP contribution in [0.15, 0.2) is 36.5 Å². The van der Waals surface area contributed by atoms with Gasteiger partial charge in [0.15, 0.2) is 0 Å². The van der Waals surface area contributed by atoms with Crippen LogP contribution in [0.3, 0.4) is 0 Å². The van der Waals surface area contributed by atoms with Crippen LogP contribution in [0.25, 0.3) is 0 Å². The third-order valence-electron chi connectivity index (χ3n) is 5.71. The fraction of sp³-hybridized carbons (Fsp3) is 0.526. The second kappa shape index (κ2) is 6.17. The summed E-state index contributed by atoms with van der Waals surface area (Å²) in [5.41, 5.74) is -0.603. The topological polar surface area (TPSA) is 102 Å². The second-order valence-electron chi connectivity index (χ2n) is 7.38. The summed E-state index contributed by atoms with van der Waals surface area (Å²) in [6.45, 7) is 14.7. The fourth-order valence-corrected chi connectivity index (χ4v) is 4.26. The molecule has 1 N–H and O–H groups in total.